The first-order valence-electron chi connectivity index (χ1n) is 8.32. The Bertz CT molecular complexity index is 581. The minimum absolute atomic E-state index is 0.173. The Morgan fingerprint density at radius 3 is 2.91 bits per heavy atom. The van der Waals surface area contributed by atoms with Crippen LogP contribution < -0.4 is 5.32 Å². The van der Waals surface area contributed by atoms with Crippen molar-refractivity contribution in [2.45, 2.75) is 57.2 Å². The highest BCUT2D eigenvalue weighted by Crippen LogP contribution is 2.30. The molecule has 1 aromatic heterocycles. The summed E-state index contributed by atoms with van der Waals surface area (Å²) in [7, 11) is 0. The minimum Gasteiger partial charge on any atom is -0.387 e. The van der Waals surface area contributed by atoms with Gasteiger partial charge < -0.3 is 10.4 Å². The average molecular weight is 315 g/mol. The maximum Gasteiger partial charge on any atom is 0.0945 e. The van der Waals surface area contributed by atoms with Gasteiger partial charge in [-0.1, -0.05) is 43.7 Å². The van der Waals surface area contributed by atoms with Crippen molar-refractivity contribution in [1.29, 1.82) is 0 Å². The molecule has 2 N–H and O–H groups in total. The SMILES string of the molecule is CCCC(Cc1cccs1)NC1CCc2ccccc2C1O. The molecular formula is C19H25NOS. The lowest BCUT2D eigenvalue weighted by molar-refractivity contribution is 0.107. The van der Waals surface area contributed by atoms with Gasteiger partial charge >= 0.3 is 0 Å². The number of hydrogen-bond acceptors (Lipinski definition) is 3. The molecular weight excluding hydrogens is 290 g/mol. The van der Waals surface area contributed by atoms with Crippen LogP contribution in [0.1, 0.15) is 48.3 Å². The van der Waals surface area contributed by atoms with E-state index in [0.29, 0.717) is 6.04 Å². The number of aryl methyl sites for hydroxylation is 1. The van der Waals surface area contributed by atoms with Gasteiger partial charge in [-0.2, -0.15) is 0 Å². The number of benzene rings is 1. The van der Waals surface area contributed by atoms with E-state index < -0.39 is 0 Å². The number of fused-ring (bicyclic) bond motifs is 1. The number of hydrogen-bond donors (Lipinski definition) is 2. The Kier molecular flexibility index (Phi) is 5.29. The van der Waals surface area contributed by atoms with Crippen LogP contribution in [0.5, 0.6) is 0 Å². The zero-order valence-corrected chi connectivity index (χ0v) is 14.0. The van der Waals surface area contributed by atoms with E-state index in [0.717, 1.165) is 31.2 Å². The van der Waals surface area contributed by atoms with Gasteiger partial charge in [-0.05, 0) is 48.3 Å². The lowest BCUT2D eigenvalue weighted by atomic mass is 9.85. The van der Waals surface area contributed by atoms with Crippen LogP contribution in [0.2, 0.25) is 0 Å². The molecule has 0 bridgehead atoms. The molecule has 3 rings (SSSR count). The van der Waals surface area contributed by atoms with E-state index in [1.807, 2.05) is 17.4 Å². The first-order valence-corrected chi connectivity index (χ1v) is 9.20. The van der Waals surface area contributed by atoms with Crippen LogP contribution >= 0.6 is 11.3 Å². The number of rotatable bonds is 6. The predicted octanol–water partition coefficient (Wildman–Crippen LogP) is 4.10. The second-order valence-corrected chi connectivity index (χ2v) is 7.26. The summed E-state index contributed by atoms with van der Waals surface area (Å²) in [5, 5.41) is 16.6. The van der Waals surface area contributed by atoms with E-state index in [4.69, 9.17) is 0 Å². The summed E-state index contributed by atoms with van der Waals surface area (Å²) in [6.45, 7) is 2.23. The highest BCUT2D eigenvalue weighted by Gasteiger charge is 2.29. The minimum atomic E-state index is -0.382. The lowest BCUT2D eigenvalue weighted by Crippen LogP contribution is -2.45. The highest BCUT2D eigenvalue weighted by molar-refractivity contribution is 7.09. The van der Waals surface area contributed by atoms with E-state index >= 15 is 0 Å². The summed E-state index contributed by atoms with van der Waals surface area (Å²) in [6, 6.07) is 13.3. The monoisotopic (exact) mass is 315 g/mol. The number of aliphatic hydroxyl groups excluding tert-OH is 1. The van der Waals surface area contributed by atoms with Crippen molar-refractivity contribution >= 4 is 11.3 Å². The molecule has 0 aliphatic heterocycles. The maximum absolute atomic E-state index is 10.7. The molecule has 3 atom stereocenters. The second kappa shape index (κ2) is 7.40. The van der Waals surface area contributed by atoms with Gasteiger partial charge in [0.15, 0.2) is 0 Å². The third-order valence-electron chi connectivity index (χ3n) is 4.59. The second-order valence-electron chi connectivity index (χ2n) is 6.22. The Morgan fingerprint density at radius 1 is 1.27 bits per heavy atom. The van der Waals surface area contributed by atoms with Crippen LogP contribution in [0.25, 0.3) is 0 Å². The molecule has 1 aliphatic rings. The van der Waals surface area contributed by atoms with Gasteiger partial charge in [0.1, 0.15) is 0 Å². The molecule has 0 saturated carbocycles. The van der Waals surface area contributed by atoms with Crippen molar-refractivity contribution in [3.05, 3.63) is 57.8 Å². The predicted molar refractivity (Wildman–Crippen MR) is 93.4 cm³/mol. The Labute approximate surface area is 137 Å². The summed E-state index contributed by atoms with van der Waals surface area (Å²) in [5.41, 5.74) is 2.41. The van der Waals surface area contributed by atoms with Crippen molar-refractivity contribution in [3.8, 4) is 0 Å². The van der Waals surface area contributed by atoms with Gasteiger partial charge in [-0.3, -0.25) is 0 Å². The first-order chi connectivity index (χ1) is 10.8. The summed E-state index contributed by atoms with van der Waals surface area (Å²) in [5.74, 6) is 0. The quantitative estimate of drug-likeness (QED) is 0.841. The van der Waals surface area contributed by atoms with Gasteiger partial charge in [-0.15, -0.1) is 11.3 Å². The highest BCUT2D eigenvalue weighted by atomic mass is 32.1. The molecule has 0 spiro atoms. The van der Waals surface area contributed by atoms with Crippen molar-refractivity contribution < 1.29 is 5.11 Å². The summed E-state index contributed by atoms with van der Waals surface area (Å²) < 4.78 is 0. The molecule has 22 heavy (non-hydrogen) atoms. The molecule has 1 aromatic carbocycles. The molecule has 0 fully saturated rings. The standard InChI is InChI=1S/C19H25NOS/c1-2-6-15(13-16-8-5-12-22-16)20-18-11-10-14-7-3-4-9-17(14)19(18)21/h3-5,7-9,12,15,18-21H,2,6,10-11,13H2,1H3. The van der Waals surface area contributed by atoms with E-state index in [9.17, 15) is 5.11 Å². The molecule has 0 radical (unpaired) electrons. The molecule has 3 heteroatoms. The molecule has 3 unspecified atom stereocenters. The first kappa shape index (κ1) is 15.7. The van der Waals surface area contributed by atoms with Crippen molar-refractivity contribution in [2.24, 2.45) is 0 Å². The Morgan fingerprint density at radius 2 is 2.14 bits per heavy atom. The number of thiophene rings is 1. The lowest BCUT2D eigenvalue weighted by Gasteiger charge is -2.34. The Hall–Kier alpha value is -1.16. The third-order valence-corrected chi connectivity index (χ3v) is 5.49. The zero-order valence-electron chi connectivity index (χ0n) is 13.2. The fraction of sp³-hybridized carbons (Fsp3) is 0.474. The van der Waals surface area contributed by atoms with Gasteiger partial charge in [0, 0.05) is 17.0 Å². The third kappa shape index (κ3) is 3.60. The largest absolute Gasteiger partial charge is 0.387 e. The molecule has 1 heterocycles. The van der Waals surface area contributed by atoms with Crippen molar-refractivity contribution in [1.82, 2.24) is 5.32 Å². The fourth-order valence-electron chi connectivity index (χ4n) is 3.48. The maximum atomic E-state index is 10.7. The average Bonchev–Trinajstić information content (AvgIpc) is 3.03. The summed E-state index contributed by atoms with van der Waals surface area (Å²) >= 11 is 1.83. The van der Waals surface area contributed by atoms with Crippen molar-refractivity contribution in [2.75, 3.05) is 0 Å². The fourth-order valence-corrected chi connectivity index (χ4v) is 4.26. The van der Waals surface area contributed by atoms with Gasteiger partial charge in [0.05, 0.1) is 6.10 Å². The van der Waals surface area contributed by atoms with E-state index in [1.165, 1.54) is 16.9 Å². The smallest absolute Gasteiger partial charge is 0.0945 e. The molecule has 118 valence electrons. The summed E-state index contributed by atoms with van der Waals surface area (Å²) in [6.07, 6.45) is 5.08. The normalized spacial score (nSPS) is 22.3. The van der Waals surface area contributed by atoms with Gasteiger partial charge in [-0.25, -0.2) is 0 Å². The number of aliphatic hydroxyl groups is 1. The van der Waals surface area contributed by atoms with Crippen LogP contribution in [0.15, 0.2) is 41.8 Å². The van der Waals surface area contributed by atoms with Gasteiger partial charge in [0.2, 0.25) is 0 Å². The zero-order chi connectivity index (χ0) is 15.4. The molecule has 1 aliphatic carbocycles. The van der Waals surface area contributed by atoms with Crippen LogP contribution in [0.4, 0.5) is 0 Å². The van der Waals surface area contributed by atoms with E-state index in [1.54, 1.807) is 0 Å². The summed E-state index contributed by atoms with van der Waals surface area (Å²) in [4.78, 5) is 1.43. The van der Waals surface area contributed by atoms with Crippen molar-refractivity contribution in [3.63, 3.8) is 0 Å². The van der Waals surface area contributed by atoms with Crippen LogP contribution in [-0.2, 0) is 12.8 Å². The van der Waals surface area contributed by atoms with Crippen LogP contribution in [0.3, 0.4) is 0 Å². The van der Waals surface area contributed by atoms with Gasteiger partial charge in [0.25, 0.3) is 0 Å². The molecule has 0 saturated heterocycles. The topological polar surface area (TPSA) is 32.3 Å². The van der Waals surface area contributed by atoms with Crippen LogP contribution in [0, 0.1) is 0 Å². The van der Waals surface area contributed by atoms with E-state index in [-0.39, 0.29) is 12.1 Å². The molecule has 2 aromatic rings. The Balaban J connectivity index is 1.68. The molecule has 2 nitrogen and oxygen atoms in total. The number of nitrogens with one attached hydrogen (secondary N) is 1. The van der Waals surface area contributed by atoms with E-state index in [2.05, 4.69) is 48.0 Å². The van der Waals surface area contributed by atoms with Crippen LogP contribution in [-0.4, -0.2) is 17.2 Å². The molecule has 0 amide bonds.